The number of rotatable bonds is 6. The number of nitrogens with zero attached hydrogens (tertiary/aromatic N) is 4. The zero-order chi connectivity index (χ0) is 27.3. The van der Waals surface area contributed by atoms with E-state index >= 15 is 0 Å². The quantitative estimate of drug-likeness (QED) is 0.366. The molecule has 0 saturated carbocycles. The van der Waals surface area contributed by atoms with Crippen molar-refractivity contribution in [3.05, 3.63) is 70.1 Å². The summed E-state index contributed by atoms with van der Waals surface area (Å²) in [5.74, 6) is 4.94. The number of benzene rings is 2. The Kier molecular flexibility index (Phi) is 8.48. The number of halogens is 2. The highest BCUT2D eigenvalue weighted by Crippen LogP contribution is 2.33. The van der Waals surface area contributed by atoms with Gasteiger partial charge in [-0.25, -0.2) is 22.5 Å². The van der Waals surface area contributed by atoms with Crippen molar-refractivity contribution in [2.75, 3.05) is 24.6 Å². The number of carbonyl (C=O) groups excluding carboxylic acids is 1. The Morgan fingerprint density at radius 2 is 1.87 bits per heavy atom. The molecule has 1 saturated heterocycles. The van der Waals surface area contributed by atoms with Gasteiger partial charge in [0, 0.05) is 42.6 Å². The molecule has 4 rings (SSSR count). The summed E-state index contributed by atoms with van der Waals surface area (Å²) in [7, 11) is -3.11. The first-order valence-electron chi connectivity index (χ1n) is 12.0. The van der Waals surface area contributed by atoms with E-state index in [1.807, 2.05) is 31.2 Å². The van der Waals surface area contributed by atoms with Gasteiger partial charge in [-0.15, -0.1) is 0 Å². The lowest BCUT2D eigenvalue weighted by Gasteiger charge is -2.26. The lowest BCUT2D eigenvalue weighted by molar-refractivity contribution is 0.0795. The van der Waals surface area contributed by atoms with Gasteiger partial charge in [-0.1, -0.05) is 42.5 Å². The van der Waals surface area contributed by atoms with E-state index in [9.17, 15) is 17.6 Å². The van der Waals surface area contributed by atoms with E-state index in [1.165, 1.54) is 22.9 Å². The molecule has 11 heteroatoms. The number of hydrogen-bond acceptors (Lipinski definition) is 6. The zero-order valence-corrected chi connectivity index (χ0v) is 22.2. The Labute approximate surface area is 225 Å². The van der Waals surface area contributed by atoms with Crippen molar-refractivity contribution in [3.8, 4) is 34.9 Å². The first kappa shape index (κ1) is 27.3. The van der Waals surface area contributed by atoms with E-state index in [2.05, 4.69) is 28.4 Å². The topological polar surface area (TPSA) is 108 Å². The van der Waals surface area contributed by atoms with Crippen LogP contribution < -0.4 is 5.43 Å². The normalized spacial score (nSPS) is 14.8. The summed E-state index contributed by atoms with van der Waals surface area (Å²) in [5, 5.41) is 15.0. The van der Waals surface area contributed by atoms with Gasteiger partial charge in [-0.2, -0.15) is 10.4 Å². The predicted molar refractivity (Wildman–Crippen MR) is 143 cm³/mol. The third-order valence-corrected chi connectivity index (χ3v) is 7.96. The number of hydrogen-bond donors (Lipinski definition) is 1. The second-order valence-electron chi connectivity index (χ2n) is 8.65. The molecule has 1 fully saturated rings. The Bertz CT molecular complexity index is 1550. The van der Waals surface area contributed by atoms with Crippen LogP contribution in [0.2, 0.25) is 5.02 Å². The molecule has 1 aliphatic heterocycles. The highest BCUT2D eigenvalue weighted by atomic mass is 35.5. The van der Waals surface area contributed by atoms with Crippen LogP contribution >= 0.6 is 11.6 Å². The second-order valence-corrected chi connectivity index (χ2v) is 11.4. The molecule has 38 heavy (non-hydrogen) atoms. The fourth-order valence-corrected chi connectivity index (χ4v) is 5.56. The number of nitrogens with one attached hydrogen (secondary N) is 1. The summed E-state index contributed by atoms with van der Waals surface area (Å²) in [6.45, 7) is 2.27. The van der Waals surface area contributed by atoms with Crippen molar-refractivity contribution >= 4 is 27.3 Å². The lowest BCUT2D eigenvalue weighted by Crippen LogP contribution is -2.50. The van der Waals surface area contributed by atoms with Crippen molar-refractivity contribution in [1.82, 2.24) is 20.2 Å². The molecule has 8 nitrogen and oxygen atoms in total. The number of sulfone groups is 1. The predicted octanol–water partition coefficient (Wildman–Crippen LogP) is 3.92. The van der Waals surface area contributed by atoms with Gasteiger partial charge in [-0.3, -0.25) is 10.2 Å². The molecular formula is C27H25ClFN5O3S. The summed E-state index contributed by atoms with van der Waals surface area (Å²) in [5.41, 5.74) is 6.14. The minimum Gasteiger partial charge on any atom is -0.283 e. The smallest absolute Gasteiger partial charge is 0.283 e. The van der Waals surface area contributed by atoms with Crippen molar-refractivity contribution in [1.29, 1.82) is 5.26 Å². The summed E-state index contributed by atoms with van der Waals surface area (Å²) in [4.78, 5) is 13.3. The Morgan fingerprint density at radius 1 is 1.16 bits per heavy atom. The van der Waals surface area contributed by atoms with Gasteiger partial charge in [0.2, 0.25) is 0 Å². The van der Waals surface area contributed by atoms with Gasteiger partial charge in [-0.05, 0) is 36.8 Å². The average Bonchev–Trinajstić information content (AvgIpc) is 3.28. The maximum atomic E-state index is 13.8. The molecule has 2 aromatic carbocycles. The summed E-state index contributed by atoms with van der Waals surface area (Å²) < 4.78 is 38.9. The van der Waals surface area contributed by atoms with Gasteiger partial charge in [0.25, 0.3) is 5.91 Å². The van der Waals surface area contributed by atoms with Crippen LogP contribution in [0.3, 0.4) is 0 Å². The van der Waals surface area contributed by atoms with Crippen LogP contribution in [0.25, 0.3) is 16.9 Å². The molecule has 0 radical (unpaired) electrons. The van der Waals surface area contributed by atoms with Crippen molar-refractivity contribution in [2.24, 2.45) is 0 Å². The average molecular weight is 554 g/mol. The largest absolute Gasteiger partial charge is 0.286 e. The fourth-order valence-electron chi connectivity index (χ4n) is 4.11. The standard InChI is InChI=1S/C27H25ClFN5O3S/c1-2-22-25(27(35)32-33-14-16-38(36,37)17-15-33)31-34(24-12-11-21(29)18-23(24)28)26(22)20-9-7-19(8-10-20)6-4-3-5-13-30/h7-12,18H,2-3,5,14-17H2,1H3,(H,32,35). The number of aromatic nitrogens is 2. The molecule has 1 N–H and O–H groups in total. The molecule has 0 aliphatic carbocycles. The zero-order valence-electron chi connectivity index (χ0n) is 20.7. The van der Waals surface area contributed by atoms with E-state index in [4.69, 9.17) is 16.9 Å². The van der Waals surface area contributed by atoms with Crippen LogP contribution in [0.5, 0.6) is 0 Å². The first-order valence-corrected chi connectivity index (χ1v) is 14.2. The molecule has 1 amide bonds. The summed E-state index contributed by atoms with van der Waals surface area (Å²) in [6.07, 6.45) is 1.30. The number of carbonyl (C=O) groups is 1. The van der Waals surface area contributed by atoms with Crippen LogP contribution in [-0.4, -0.2) is 53.7 Å². The van der Waals surface area contributed by atoms with Crippen molar-refractivity contribution < 1.29 is 17.6 Å². The molecule has 0 unspecified atom stereocenters. The summed E-state index contributed by atoms with van der Waals surface area (Å²) in [6, 6.07) is 13.4. The number of amides is 1. The lowest BCUT2D eigenvalue weighted by atomic mass is 10.0. The highest BCUT2D eigenvalue weighted by molar-refractivity contribution is 7.91. The molecule has 0 bridgehead atoms. The first-order chi connectivity index (χ1) is 18.2. The van der Waals surface area contributed by atoms with E-state index in [0.29, 0.717) is 36.2 Å². The molecule has 196 valence electrons. The number of hydrazine groups is 1. The van der Waals surface area contributed by atoms with Crippen LogP contribution in [-0.2, 0) is 16.3 Å². The third kappa shape index (κ3) is 6.22. The van der Waals surface area contributed by atoms with E-state index < -0.39 is 21.6 Å². The molecule has 0 atom stereocenters. The van der Waals surface area contributed by atoms with Crippen LogP contribution in [0.4, 0.5) is 4.39 Å². The van der Waals surface area contributed by atoms with Gasteiger partial charge in [0.05, 0.1) is 34.0 Å². The molecule has 1 aliphatic rings. The monoisotopic (exact) mass is 553 g/mol. The number of nitriles is 1. The maximum Gasteiger partial charge on any atom is 0.286 e. The van der Waals surface area contributed by atoms with Crippen molar-refractivity contribution in [3.63, 3.8) is 0 Å². The van der Waals surface area contributed by atoms with Crippen LogP contribution in [0.15, 0.2) is 42.5 Å². The molecular weight excluding hydrogens is 529 g/mol. The minimum absolute atomic E-state index is 0.0372. The van der Waals surface area contributed by atoms with E-state index in [1.54, 1.807) is 5.01 Å². The van der Waals surface area contributed by atoms with Crippen LogP contribution in [0, 0.1) is 29.0 Å². The molecule has 3 aromatic rings. The third-order valence-electron chi connectivity index (χ3n) is 6.05. The minimum atomic E-state index is -3.11. The van der Waals surface area contributed by atoms with Gasteiger partial charge >= 0.3 is 0 Å². The molecule has 2 heterocycles. The SMILES string of the molecule is CCc1c(C(=O)NN2CCS(=O)(=O)CC2)nn(-c2ccc(F)cc2Cl)c1-c1ccc(C#CCCC#N)cc1. The van der Waals surface area contributed by atoms with E-state index in [-0.39, 0.29) is 35.3 Å². The Balaban J connectivity index is 1.75. The second kappa shape index (κ2) is 11.8. The van der Waals surface area contributed by atoms with Gasteiger partial charge in [0.15, 0.2) is 15.5 Å². The van der Waals surface area contributed by atoms with Gasteiger partial charge in [0.1, 0.15) is 5.82 Å². The summed E-state index contributed by atoms with van der Waals surface area (Å²) >= 11 is 6.39. The fraction of sp³-hybridized carbons (Fsp3) is 0.296. The Hall–Kier alpha value is -3.70. The Morgan fingerprint density at radius 3 is 2.50 bits per heavy atom. The van der Waals surface area contributed by atoms with Crippen molar-refractivity contribution in [2.45, 2.75) is 26.2 Å². The highest BCUT2D eigenvalue weighted by Gasteiger charge is 2.28. The number of unbranched alkanes of at least 4 members (excludes halogenated alkanes) is 1. The molecule has 1 aromatic heterocycles. The molecule has 0 spiro atoms. The maximum absolute atomic E-state index is 13.8. The van der Waals surface area contributed by atoms with Crippen LogP contribution in [0.1, 0.15) is 41.4 Å². The van der Waals surface area contributed by atoms with Gasteiger partial charge < -0.3 is 0 Å². The van der Waals surface area contributed by atoms with E-state index in [0.717, 1.165) is 11.1 Å².